The second-order valence-corrected chi connectivity index (χ2v) is 4.99. The number of nitrogens with one attached hydrogen (secondary N) is 1. The van der Waals surface area contributed by atoms with Crippen molar-refractivity contribution < 1.29 is 14.3 Å². The lowest BCUT2D eigenvalue weighted by molar-refractivity contribution is -0.121. The third-order valence-electron chi connectivity index (χ3n) is 2.21. The molecule has 5 nitrogen and oxygen atoms in total. The number of thioether (sulfide) groups is 1. The molecule has 0 bridgehead atoms. The fraction of sp³-hybridized carbons (Fsp3) is 0.250. The third-order valence-corrected chi connectivity index (χ3v) is 3.18. The minimum atomic E-state index is -0.327. The highest BCUT2D eigenvalue weighted by molar-refractivity contribution is 8.15. The molecule has 6 heteroatoms. The van der Waals surface area contributed by atoms with Crippen molar-refractivity contribution >= 4 is 28.7 Å². The van der Waals surface area contributed by atoms with Crippen LogP contribution in [0.1, 0.15) is 6.92 Å². The van der Waals surface area contributed by atoms with Gasteiger partial charge in [-0.2, -0.15) is 4.99 Å². The highest BCUT2D eigenvalue weighted by atomic mass is 32.2. The summed E-state index contributed by atoms with van der Waals surface area (Å²) < 4.78 is 5.27. The third kappa shape index (κ3) is 3.33. The number of amides is 2. The standard InChI is InChI=1S/C12H12N2O3S/c1-8-11(16)14-12(18-8)13-10(15)7-17-9-5-3-2-4-6-9/h2-6,8H,7H2,1H3,(H,13,14,15,16)/t8-/m0/s1. The molecule has 1 N–H and O–H groups in total. The Morgan fingerprint density at radius 2 is 2.17 bits per heavy atom. The highest BCUT2D eigenvalue weighted by Crippen LogP contribution is 2.19. The van der Waals surface area contributed by atoms with E-state index in [4.69, 9.17) is 4.74 Å². The van der Waals surface area contributed by atoms with E-state index in [-0.39, 0.29) is 23.7 Å². The first-order valence-electron chi connectivity index (χ1n) is 5.42. The van der Waals surface area contributed by atoms with Crippen LogP contribution in [0.5, 0.6) is 5.75 Å². The molecule has 2 amide bonds. The molecule has 0 radical (unpaired) electrons. The van der Waals surface area contributed by atoms with E-state index >= 15 is 0 Å². The molecule has 1 atom stereocenters. The highest BCUT2D eigenvalue weighted by Gasteiger charge is 2.25. The molecule has 0 aromatic heterocycles. The molecule has 1 aliphatic heterocycles. The normalized spacial score (nSPS) is 18.4. The molecule has 2 rings (SSSR count). The number of rotatable bonds is 3. The number of aliphatic imine (C=N–C) groups is 1. The molecule has 1 aliphatic rings. The van der Waals surface area contributed by atoms with Crippen LogP contribution in [0.3, 0.4) is 0 Å². The molecule has 1 aromatic carbocycles. The number of benzene rings is 1. The van der Waals surface area contributed by atoms with Crippen molar-refractivity contribution in [3.8, 4) is 5.75 Å². The first-order valence-corrected chi connectivity index (χ1v) is 6.30. The van der Waals surface area contributed by atoms with E-state index in [0.29, 0.717) is 10.9 Å². The number of hydrogen-bond donors (Lipinski definition) is 1. The lowest BCUT2D eigenvalue weighted by Crippen LogP contribution is -2.32. The van der Waals surface area contributed by atoms with Gasteiger partial charge in [-0.15, -0.1) is 0 Å². The van der Waals surface area contributed by atoms with Crippen LogP contribution in [0.4, 0.5) is 0 Å². The van der Waals surface area contributed by atoms with Crippen molar-refractivity contribution in [1.29, 1.82) is 0 Å². The summed E-state index contributed by atoms with van der Waals surface area (Å²) in [7, 11) is 0. The van der Waals surface area contributed by atoms with Crippen molar-refractivity contribution in [2.45, 2.75) is 12.2 Å². The average Bonchev–Trinajstić information content (AvgIpc) is 2.67. The quantitative estimate of drug-likeness (QED) is 0.890. The van der Waals surface area contributed by atoms with Crippen molar-refractivity contribution in [2.24, 2.45) is 4.99 Å². The summed E-state index contributed by atoms with van der Waals surface area (Å²) in [4.78, 5) is 26.4. The van der Waals surface area contributed by atoms with Crippen molar-refractivity contribution in [3.05, 3.63) is 30.3 Å². The Labute approximate surface area is 109 Å². The largest absolute Gasteiger partial charge is 0.484 e. The van der Waals surface area contributed by atoms with Gasteiger partial charge < -0.3 is 10.1 Å². The van der Waals surface area contributed by atoms with Gasteiger partial charge in [-0.05, 0) is 19.1 Å². The predicted octanol–water partition coefficient (Wildman–Crippen LogP) is 1.20. The van der Waals surface area contributed by atoms with Gasteiger partial charge in [0.05, 0.1) is 5.25 Å². The molecule has 18 heavy (non-hydrogen) atoms. The number of ether oxygens (including phenoxy) is 1. The number of hydrogen-bond acceptors (Lipinski definition) is 4. The molecular weight excluding hydrogens is 252 g/mol. The molecule has 0 saturated carbocycles. The topological polar surface area (TPSA) is 67.8 Å². The van der Waals surface area contributed by atoms with E-state index in [2.05, 4.69) is 10.3 Å². The van der Waals surface area contributed by atoms with Gasteiger partial charge in [-0.3, -0.25) is 9.59 Å². The summed E-state index contributed by atoms with van der Waals surface area (Å²) in [6, 6.07) is 9.04. The fourth-order valence-corrected chi connectivity index (χ4v) is 2.12. The molecule has 0 fully saturated rings. The van der Waals surface area contributed by atoms with Crippen LogP contribution in [0.15, 0.2) is 35.3 Å². The monoisotopic (exact) mass is 264 g/mol. The van der Waals surface area contributed by atoms with Crippen molar-refractivity contribution in [2.75, 3.05) is 6.61 Å². The molecule has 94 valence electrons. The Kier molecular flexibility index (Phi) is 3.99. The Morgan fingerprint density at radius 3 is 2.78 bits per heavy atom. The van der Waals surface area contributed by atoms with Gasteiger partial charge in [0.25, 0.3) is 11.8 Å². The fourth-order valence-electron chi connectivity index (χ4n) is 1.31. The van der Waals surface area contributed by atoms with E-state index < -0.39 is 0 Å². The first kappa shape index (κ1) is 12.6. The van der Waals surface area contributed by atoms with E-state index in [1.807, 2.05) is 18.2 Å². The summed E-state index contributed by atoms with van der Waals surface area (Å²) in [5, 5.41) is 2.65. The number of nitrogens with zero attached hydrogens (tertiary/aromatic N) is 1. The second kappa shape index (κ2) is 5.68. The lowest BCUT2D eigenvalue weighted by Gasteiger charge is -2.06. The van der Waals surface area contributed by atoms with Gasteiger partial charge >= 0.3 is 0 Å². The molecule has 0 spiro atoms. The Morgan fingerprint density at radius 1 is 1.44 bits per heavy atom. The summed E-state index contributed by atoms with van der Waals surface area (Å²) in [6.45, 7) is 1.64. The van der Waals surface area contributed by atoms with Crippen LogP contribution < -0.4 is 10.1 Å². The van der Waals surface area contributed by atoms with Gasteiger partial charge in [0.1, 0.15) is 5.75 Å². The van der Waals surface area contributed by atoms with Crippen LogP contribution in [0.2, 0.25) is 0 Å². The second-order valence-electron chi connectivity index (χ2n) is 3.67. The predicted molar refractivity (Wildman–Crippen MR) is 69.6 cm³/mol. The summed E-state index contributed by atoms with van der Waals surface area (Å²) in [5.74, 6) is 0.0735. The van der Waals surface area contributed by atoms with Gasteiger partial charge in [0.15, 0.2) is 11.8 Å². The summed E-state index contributed by atoms with van der Waals surface area (Å²) >= 11 is 1.24. The van der Waals surface area contributed by atoms with E-state index in [1.165, 1.54) is 11.8 Å². The van der Waals surface area contributed by atoms with Gasteiger partial charge in [0.2, 0.25) is 0 Å². The van der Waals surface area contributed by atoms with Crippen LogP contribution in [-0.2, 0) is 9.59 Å². The Balaban J connectivity index is 1.80. The molecule has 0 saturated heterocycles. The summed E-state index contributed by atoms with van der Waals surface area (Å²) in [5.41, 5.74) is 0. The van der Waals surface area contributed by atoms with Gasteiger partial charge in [0, 0.05) is 0 Å². The van der Waals surface area contributed by atoms with Crippen LogP contribution in [0, 0.1) is 0 Å². The number of amidine groups is 1. The maximum absolute atomic E-state index is 11.5. The number of carbonyl (C=O) groups is 2. The van der Waals surface area contributed by atoms with Gasteiger partial charge in [-0.25, -0.2) is 0 Å². The van der Waals surface area contributed by atoms with Crippen molar-refractivity contribution in [1.82, 2.24) is 5.32 Å². The number of para-hydroxylation sites is 1. The lowest BCUT2D eigenvalue weighted by atomic mass is 10.3. The Hall–Kier alpha value is -1.82. The molecule has 1 aromatic rings. The minimum Gasteiger partial charge on any atom is -0.484 e. The van der Waals surface area contributed by atoms with Gasteiger partial charge in [-0.1, -0.05) is 30.0 Å². The van der Waals surface area contributed by atoms with Crippen LogP contribution in [-0.4, -0.2) is 28.8 Å². The first-order chi connectivity index (χ1) is 8.65. The van der Waals surface area contributed by atoms with E-state index in [9.17, 15) is 9.59 Å². The zero-order valence-electron chi connectivity index (χ0n) is 9.75. The molecule has 0 unspecified atom stereocenters. The van der Waals surface area contributed by atoms with Crippen molar-refractivity contribution in [3.63, 3.8) is 0 Å². The van der Waals surface area contributed by atoms with Crippen LogP contribution >= 0.6 is 11.8 Å². The maximum Gasteiger partial charge on any atom is 0.263 e. The zero-order valence-corrected chi connectivity index (χ0v) is 10.6. The summed E-state index contributed by atoms with van der Waals surface area (Å²) in [6.07, 6.45) is 0. The Bertz CT molecular complexity index is 487. The van der Waals surface area contributed by atoms with E-state index in [1.54, 1.807) is 19.1 Å². The molecular formula is C12H12N2O3S. The molecule has 1 heterocycles. The zero-order chi connectivity index (χ0) is 13.0. The average molecular weight is 264 g/mol. The van der Waals surface area contributed by atoms with E-state index in [0.717, 1.165) is 0 Å². The smallest absolute Gasteiger partial charge is 0.263 e. The minimum absolute atomic E-state index is 0.105. The van der Waals surface area contributed by atoms with Crippen LogP contribution in [0.25, 0.3) is 0 Å². The maximum atomic E-state index is 11.5. The SMILES string of the molecule is C[C@@H]1SC(NC(=O)COc2ccccc2)=NC1=O. The molecule has 0 aliphatic carbocycles. The number of carbonyl (C=O) groups excluding carboxylic acids is 2.